The van der Waals surface area contributed by atoms with Gasteiger partial charge in [-0.3, -0.25) is 0 Å². The van der Waals surface area contributed by atoms with E-state index in [1.807, 2.05) is 24.3 Å². The number of methoxy groups -OCH3 is 1. The van der Waals surface area contributed by atoms with E-state index in [1.165, 1.54) is 0 Å². The summed E-state index contributed by atoms with van der Waals surface area (Å²) < 4.78 is 10.8. The lowest BCUT2D eigenvalue weighted by Gasteiger charge is -2.09. The quantitative estimate of drug-likeness (QED) is 0.907. The van der Waals surface area contributed by atoms with Gasteiger partial charge in [0, 0.05) is 6.07 Å². The number of carboxylic acids is 1. The van der Waals surface area contributed by atoms with E-state index in [-0.39, 0.29) is 0 Å². The summed E-state index contributed by atoms with van der Waals surface area (Å²) in [6, 6.07) is 12.5. The molecular formula is C16H16O4. The van der Waals surface area contributed by atoms with E-state index >= 15 is 0 Å². The van der Waals surface area contributed by atoms with E-state index in [9.17, 15) is 4.79 Å². The first kappa shape index (κ1) is 13.9. The highest BCUT2D eigenvalue weighted by Gasteiger charge is 2.07. The summed E-state index contributed by atoms with van der Waals surface area (Å²) in [5.74, 6) is 0.534. The van der Waals surface area contributed by atoms with Crippen LogP contribution in [-0.2, 0) is 6.61 Å². The van der Waals surface area contributed by atoms with Crippen LogP contribution in [0.25, 0.3) is 0 Å². The van der Waals surface area contributed by atoms with Crippen LogP contribution in [-0.4, -0.2) is 18.2 Å². The van der Waals surface area contributed by atoms with E-state index in [0.717, 1.165) is 16.9 Å². The predicted molar refractivity (Wildman–Crippen MR) is 75.5 cm³/mol. The van der Waals surface area contributed by atoms with Crippen LogP contribution in [0.5, 0.6) is 11.5 Å². The highest BCUT2D eigenvalue weighted by molar-refractivity contribution is 5.89. The monoisotopic (exact) mass is 272 g/mol. The lowest BCUT2D eigenvalue weighted by molar-refractivity contribution is 0.0696. The molecule has 0 saturated carbocycles. The fourth-order valence-corrected chi connectivity index (χ4v) is 1.91. The third-order valence-electron chi connectivity index (χ3n) is 2.97. The lowest BCUT2D eigenvalue weighted by Crippen LogP contribution is -2.02. The number of hydrogen-bond acceptors (Lipinski definition) is 3. The van der Waals surface area contributed by atoms with Crippen LogP contribution in [0.4, 0.5) is 0 Å². The van der Waals surface area contributed by atoms with Crippen molar-refractivity contribution in [3.63, 3.8) is 0 Å². The van der Waals surface area contributed by atoms with Crippen molar-refractivity contribution in [1.82, 2.24) is 0 Å². The summed E-state index contributed by atoms with van der Waals surface area (Å²) in [5, 5.41) is 8.98. The fraction of sp³-hybridized carbons (Fsp3) is 0.188. The third-order valence-corrected chi connectivity index (χ3v) is 2.97. The van der Waals surface area contributed by atoms with Crippen LogP contribution in [0, 0.1) is 6.92 Å². The Morgan fingerprint density at radius 1 is 1.15 bits per heavy atom. The van der Waals surface area contributed by atoms with Crippen molar-refractivity contribution in [3.05, 3.63) is 59.2 Å². The standard InChI is InChI=1S/C16H16O4/c1-11-8-12(6-7-15(11)16(17)18)10-20-14-5-3-4-13(9-14)19-2/h3-9H,10H2,1-2H3,(H,17,18). The minimum absolute atomic E-state index is 0.315. The Hall–Kier alpha value is -2.49. The van der Waals surface area contributed by atoms with Crippen molar-refractivity contribution in [3.8, 4) is 11.5 Å². The average molecular weight is 272 g/mol. The Balaban J connectivity index is 2.07. The van der Waals surface area contributed by atoms with Crippen LogP contribution in [0.3, 0.4) is 0 Å². The Morgan fingerprint density at radius 2 is 1.90 bits per heavy atom. The van der Waals surface area contributed by atoms with Gasteiger partial charge in [-0.15, -0.1) is 0 Å². The number of rotatable bonds is 5. The van der Waals surface area contributed by atoms with Gasteiger partial charge < -0.3 is 14.6 Å². The smallest absolute Gasteiger partial charge is 0.335 e. The van der Waals surface area contributed by atoms with Crippen molar-refractivity contribution in [2.45, 2.75) is 13.5 Å². The molecule has 0 spiro atoms. The molecule has 0 atom stereocenters. The van der Waals surface area contributed by atoms with Crippen LogP contribution in [0.2, 0.25) is 0 Å². The maximum absolute atomic E-state index is 10.9. The summed E-state index contributed by atoms with van der Waals surface area (Å²) in [5.41, 5.74) is 1.97. The molecule has 0 radical (unpaired) electrons. The molecule has 2 aromatic rings. The molecule has 1 N–H and O–H groups in total. The van der Waals surface area contributed by atoms with Crippen LogP contribution >= 0.6 is 0 Å². The topological polar surface area (TPSA) is 55.8 Å². The predicted octanol–water partition coefficient (Wildman–Crippen LogP) is 3.28. The van der Waals surface area contributed by atoms with Crippen LogP contribution in [0.15, 0.2) is 42.5 Å². The van der Waals surface area contributed by atoms with Crippen molar-refractivity contribution in [2.24, 2.45) is 0 Å². The van der Waals surface area contributed by atoms with Gasteiger partial charge >= 0.3 is 5.97 Å². The Kier molecular flexibility index (Phi) is 4.25. The molecule has 2 aromatic carbocycles. The largest absolute Gasteiger partial charge is 0.497 e. The number of carboxylic acid groups (broad SMARTS) is 1. The summed E-state index contributed by atoms with van der Waals surface area (Å²) in [7, 11) is 1.60. The van der Waals surface area contributed by atoms with Gasteiger partial charge in [-0.25, -0.2) is 4.79 Å². The highest BCUT2D eigenvalue weighted by atomic mass is 16.5. The summed E-state index contributed by atoms with van der Waals surface area (Å²) >= 11 is 0. The number of ether oxygens (including phenoxy) is 2. The molecule has 0 bridgehead atoms. The zero-order valence-corrected chi connectivity index (χ0v) is 11.4. The average Bonchev–Trinajstić information content (AvgIpc) is 2.45. The second kappa shape index (κ2) is 6.10. The minimum atomic E-state index is -0.914. The van der Waals surface area contributed by atoms with Gasteiger partial charge in [0.2, 0.25) is 0 Å². The molecule has 4 heteroatoms. The molecule has 0 aromatic heterocycles. The van der Waals surface area contributed by atoms with Gasteiger partial charge in [0.05, 0.1) is 12.7 Å². The Labute approximate surface area is 117 Å². The fourth-order valence-electron chi connectivity index (χ4n) is 1.91. The molecule has 0 amide bonds. The Bertz CT molecular complexity index is 620. The molecule has 0 aliphatic carbocycles. The lowest BCUT2D eigenvalue weighted by atomic mass is 10.1. The molecule has 0 saturated heterocycles. The maximum Gasteiger partial charge on any atom is 0.335 e. The summed E-state index contributed by atoms with van der Waals surface area (Å²) in [4.78, 5) is 10.9. The first-order chi connectivity index (χ1) is 9.60. The SMILES string of the molecule is COc1cccc(OCc2ccc(C(=O)O)c(C)c2)c1. The zero-order valence-electron chi connectivity index (χ0n) is 11.4. The number of benzene rings is 2. The minimum Gasteiger partial charge on any atom is -0.497 e. The van der Waals surface area contributed by atoms with Gasteiger partial charge in [0.1, 0.15) is 18.1 Å². The van der Waals surface area contributed by atoms with E-state index < -0.39 is 5.97 Å². The van der Waals surface area contributed by atoms with Crippen molar-refractivity contribution >= 4 is 5.97 Å². The molecule has 0 unspecified atom stereocenters. The first-order valence-electron chi connectivity index (χ1n) is 6.20. The van der Waals surface area contributed by atoms with Gasteiger partial charge in [-0.2, -0.15) is 0 Å². The molecule has 104 valence electrons. The van der Waals surface area contributed by atoms with Crippen LogP contribution in [0.1, 0.15) is 21.5 Å². The molecular weight excluding hydrogens is 256 g/mol. The summed E-state index contributed by atoms with van der Waals surface area (Å²) in [6.45, 7) is 2.16. The van der Waals surface area contributed by atoms with E-state index in [1.54, 1.807) is 32.2 Å². The molecule has 2 rings (SSSR count). The number of hydrogen-bond donors (Lipinski definition) is 1. The van der Waals surface area contributed by atoms with Crippen molar-refractivity contribution in [1.29, 1.82) is 0 Å². The molecule has 20 heavy (non-hydrogen) atoms. The number of aromatic carboxylic acids is 1. The third kappa shape index (κ3) is 3.29. The van der Waals surface area contributed by atoms with Gasteiger partial charge in [0.25, 0.3) is 0 Å². The van der Waals surface area contributed by atoms with Crippen molar-refractivity contribution in [2.75, 3.05) is 7.11 Å². The van der Waals surface area contributed by atoms with Gasteiger partial charge in [-0.05, 0) is 36.2 Å². The first-order valence-corrected chi connectivity index (χ1v) is 6.20. The normalized spacial score (nSPS) is 10.1. The highest BCUT2D eigenvalue weighted by Crippen LogP contribution is 2.20. The maximum atomic E-state index is 10.9. The van der Waals surface area contributed by atoms with Gasteiger partial charge in [-0.1, -0.05) is 18.2 Å². The van der Waals surface area contributed by atoms with E-state index in [2.05, 4.69) is 0 Å². The zero-order chi connectivity index (χ0) is 14.5. The molecule has 0 fully saturated rings. The molecule has 4 nitrogen and oxygen atoms in total. The molecule has 0 aliphatic rings. The molecule has 0 aliphatic heterocycles. The summed E-state index contributed by atoms with van der Waals surface area (Å²) in [6.07, 6.45) is 0. The van der Waals surface area contributed by atoms with Crippen LogP contribution < -0.4 is 9.47 Å². The number of aryl methyl sites for hydroxylation is 1. The van der Waals surface area contributed by atoms with E-state index in [0.29, 0.717) is 17.9 Å². The van der Waals surface area contributed by atoms with E-state index in [4.69, 9.17) is 14.6 Å². The van der Waals surface area contributed by atoms with Gasteiger partial charge in [0.15, 0.2) is 0 Å². The van der Waals surface area contributed by atoms with Crippen molar-refractivity contribution < 1.29 is 19.4 Å². The Morgan fingerprint density at radius 3 is 2.55 bits per heavy atom. The molecule has 0 heterocycles. The second-order valence-corrected chi connectivity index (χ2v) is 4.42. The second-order valence-electron chi connectivity index (χ2n) is 4.42. The number of carbonyl (C=O) groups is 1.